The monoisotopic (exact) mass is 366 g/mol. The van der Waals surface area contributed by atoms with Gasteiger partial charge in [0.1, 0.15) is 17.1 Å². The fourth-order valence-electron chi connectivity index (χ4n) is 2.33. The Hall–Kier alpha value is -2.26. The fraction of sp³-hybridized carbons (Fsp3) is 0.529. The molecule has 1 aliphatic heterocycles. The standard InChI is InChI=1S/C17H23BO8/c1-16(2)17(3,4)26-18(25-16)12-8-10(24-9-13(19)22-5)7-11(14(12)20)15(21)23-6/h7-8,20H,9H2,1-6H3. The van der Waals surface area contributed by atoms with Gasteiger partial charge in [-0.3, -0.25) is 0 Å². The molecule has 0 saturated carbocycles. The molecule has 0 spiro atoms. The van der Waals surface area contributed by atoms with Crippen LogP contribution in [0, 0.1) is 0 Å². The quantitative estimate of drug-likeness (QED) is 0.609. The van der Waals surface area contributed by atoms with Crippen LogP contribution in [0.3, 0.4) is 0 Å². The number of esters is 2. The summed E-state index contributed by atoms with van der Waals surface area (Å²) in [4.78, 5) is 23.3. The van der Waals surface area contributed by atoms with Crippen LogP contribution in [0.2, 0.25) is 0 Å². The molecule has 0 atom stereocenters. The van der Waals surface area contributed by atoms with Crippen LogP contribution in [-0.4, -0.2) is 56.2 Å². The van der Waals surface area contributed by atoms with Gasteiger partial charge >= 0.3 is 19.1 Å². The molecule has 1 fully saturated rings. The van der Waals surface area contributed by atoms with Gasteiger partial charge < -0.3 is 28.6 Å². The molecular formula is C17H23BO8. The van der Waals surface area contributed by atoms with Gasteiger partial charge in [0.25, 0.3) is 0 Å². The lowest BCUT2D eigenvalue weighted by Gasteiger charge is -2.32. The predicted molar refractivity (Wildman–Crippen MR) is 92.7 cm³/mol. The number of ether oxygens (including phenoxy) is 3. The molecule has 142 valence electrons. The minimum Gasteiger partial charge on any atom is -0.507 e. The molecule has 2 rings (SSSR count). The largest absolute Gasteiger partial charge is 0.507 e. The third-order valence-electron chi connectivity index (χ3n) is 4.61. The number of hydrogen-bond donors (Lipinski definition) is 1. The van der Waals surface area contributed by atoms with E-state index in [1.54, 1.807) is 0 Å². The molecule has 0 radical (unpaired) electrons. The maximum Gasteiger partial charge on any atom is 0.498 e. The molecule has 1 aromatic carbocycles. The lowest BCUT2D eigenvalue weighted by atomic mass is 9.77. The Morgan fingerprint density at radius 3 is 2.15 bits per heavy atom. The van der Waals surface area contributed by atoms with Crippen molar-refractivity contribution in [2.45, 2.75) is 38.9 Å². The van der Waals surface area contributed by atoms with Gasteiger partial charge in [0.2, 0.25) is 0 Å². The van der Waals surface area contributed by atoms with Crippen LogP contribution in [0.25, 0.3) is 0 Å². The van der Waals surface area contributed by atoms with E-state index >= 15 is 0 Å². The number of methoxy groups -OCH3 is 2. The van der Waals surface area contributed by atoms with E-state index in [0.29, 0.717) is 0 Å². The van der Waals surface area contributed by atoms with E-state index < -0.39 is 30.3 Å². The first-order valence-corrected chi connectivity index (χ1v) is 8.03. The summed E-state index contributed by atoms with van der Waals surface area (Å²) < 4.78 is 26.4. The number of benzene rings is 1. The lowest BCUT2D eigenvalue weighted by Crippen LogP contribution is -2.41. The summed E-state index contributed by atoms with van der Waals surface area (Å²) in [5.74, 6) is -1.52. The highest BCUT2D eigenvalue weighted by atomic mass is 16.7. The first-order chi connectivity index (χ1) is 12.0. The van der Waals surface area contributed by atoms with Crippen LogP contribution < -0.4 is 10.2 Å². The van der Waals surface area contributed by atoms with Crippen molar-refractivity contribution in [2.75, 3.05) is 20.8 Å². The van der Waals surface area contributed by atoms with Crippen molar-refractivity contribution in [1.29, 1.82) is 0 Å². The van der Waals surface area contributed by atoms with Crippen molar-refractivity contribution in [1.82, 2.24) is 0 Å². The van der Waals surface area contributed by atoms with Gasteiger partial charge in [-0.25, -0.2) is 9.59 Å². The van der Waals surface area contributed by atoms with E-state index in [1.807, 2.05) is 27.7 Å². The molecule has 0 aromatic heterocycles. The maximum atomic E-state index is 12.0. The first kappa shape index (κ1) is 20.1. The zero-order valence-corrected chi connectivity index (χ0v) is 15.7. The molecule has 9 heteroatoms. The fourth-order valence-corrected chi connectivity index (χ4v) is 2.33. The van der Waals surface area contributed by atoms with Crippen LogP contribution in [-0.2, 0) is 23.6 Å². The number of rotatable bonds is 5. The highest BCUT2D eigenvalue weighted by Gasteiger charge is 2.52. The number of hydrogen-bond acceptors (Lipinski definition) is 8. The van der Waals surface area contributed by atoms with Crippen molar-refractivity contribution < 1.29 is 38.2 Å². The van der Waals surface area contributed by atoms with E-state index in [4.69, 9.17) is 18.8 Å². The van der Waals surface area contributed by atoms with Gasteiger partial charge in [-0.05, 0) is 39.8 Å². The number of phenolic OH excluding ortho intramolecular Hbond substituents is 1. The van der Waals surface area contributed by atoms with E-state index in [2.05, 4.69) is 4.74 Å². The first-order valence-electron chi connectivity index (χ1n) is 8.03. The molecule has 0 aliphatic carbocycles. The van der Waals surface area contributed by atoms with E-state index in [-0.39, 0.29) is 29.1 Å². The minimum atomic E-state index is -0.926. The molecule has 0 unspecified atom stereocenters. The predicted octanol–water partition coefficient (Wildman–Crippen LogP) is 1.03. The molecule has 26 heavy (non-hydrogen) atoms. The van der Waals surface area contributed by atoms with Gasteiger partial charge in [-0.15, -0.1) is 0 Å². The Morgan fingerprint density at radius 1 is 1.08 bits per heavy atom. The highest BCUT2D eigenvalue weighted by Crippen LogP contribution is 2.38. The molecule has 8 nitrogen and oxygen atoms in total. The summed E-state index contributed by atoms with van der Waals surface area (Å²) in [5.41, 5.74) is -1.21. The average Bonchev–Trinajstić information content (AvgIpc) is 2.80. The van der Waals surface area contributed by atoms with E-state index in [1.165, 1.54) is 26.4 Å². The zero-order valence-electron chi connectivity index (χ0n) is 15.7. The summed E-state index contributed by atoms with van der Waals surface area (Å²) in [5, 5.41) is 10.5. The lowest BCUT2D eigenvalue weighted by molar-refractivity contribution is -0.142. The van der Waals surface area contributed by atoms with Crippen molar-refractivity contribution in [3.8, 4) is 11.5 Å². The summed E-state index contributed by atoms with van der Waals surface area (Å²) in [6.45, 7) is 7.10. The van der Waals surface area contributed by atoms with Crippen LogP contribution in [0.1, 0.15) is 38.1 Å². The van der Waals surface area contributed by atoms with Gasteiger partial charge in [0.05, 0.1) is 25.4 Å². The van der Waals surface area contributed by atoms with Gasteiger partial charge in [0.15, 0.2) is 6.61 Å². The third kappa shape index (κ3) is 3.78. The van der Waals surface area contributed by atoms with Crippen molar-refractivity contribution in [3.63, 3.8) is 0 Å². The molecular weight excluding hydrogens is 343 g/mol. The smallest absolute Gasteiger partial charge is 0.498 e. The molecule has 1 saturated heterocycles. The zero-order chi connectivity index (χ0) is 19.7. The second kappa shape index (κ2) is 7.16. The van der Waals surface area contributed by atoms with E-state index in [9.17, 15) is 14.7 Å². The average molecular weight is 366 g/mol. The number of aromatic hydroxyl groups is 1. The van der Waals surface area contributed by atoms with Crippen molar-refractivity contribution in [2.24, 2.45) is 0 Å². The highest BCUT2D eigenvalue weighted by molar-refractivity contribution is 6.63. The second-order valence-corrected chi connectivity index (χ2v) is 6.85. The summed E-state index contributed by atoms with van der Waals surface area (Å²) in [6.07, 6.45) is 0. The molecule has 0 bridgehead atoms. The van der Waals surface area contributed by atoms with Gasteiger partial charge in [-0.2, -0.15) is 0 Å². The van der Waals surface area contributed by atoms with Gasteiger partial charge in [0, 0.05) is 5.46 Å². The van der Waals surface area contributed by atoms with Crippen LogP contribution >= 0.6 is 0 Å². The van der Waals surface area contributed by atoms with Crippen LogP contribution in [0.4, 0.5) is 0 Å². The van der Waals surface area contributed by atoms with Gasteiger partial charge in [-0.1, -0.05) is 0 Å². The van der Waals surface area contributed by atoms with Crippen LogP contribution in [0.15, 0.2) is 12.1 Å². The summed E-state index contributed by atoms with van der Waals surface area (Å²) in [7, 11) is 1.50. The second-order valence-electron chi connectivity index (χ2n) is 6.85. The Morgan fingerprint density at radius 2 is 1.65 bits per heavy atom. The third-order valence-corrected chi connectivity index (χ3v) is 4.61. The summed E-state index contributed by atoms with van der Waals surface area (Å²) >= 11 is 0. The maximum absolute atomic E-state index is 12.0. The Labute approximate surface area is 152 Å². The molecule has 1 aliphatic rings. The van der Waals surface area contributed by atoms with E-state index in [0.717, 1.165) is 0 Å². The normalized spacial score (nSPS) is 17.7. The molecule has 1 N–H and O–H groups in total. The molecule has 0 amide bonds. The Bertz CT molecular complexity index is 697. The number of carbonyl (C=O) groups is 2. The Kier molecular flexibility index (Phi) is 5.53. The molecule has 1 aromatic rings. The van der Waals surface area contributed by atoms with Crippen molar-refractivity contribution in [3.05, 3.63) is 17.7 Å². The minimum absolute atomic E-state index is 0.125. The number of carbonyl (C=O) groups excluding carboxylic acids is 2. The summed E-state index contributed by atoms with van der Waals surface area (Å²) in [6, 6.07) is 2.73. The number of phenols is 1. The van der Waals surface area contributed by atoms with Crippen LogP contribution in [0.5, 0.6) is 11.5 Å². The van der Waals surface area contributed by atoms with Crippen molar-refractivity contribution >= 4 is 24.5 Å². The SMILES string of the molecule is COC(=O)COc1cc(B2OC(C)(C)C(C)(C)O2)c(O)c(C(=O)OC)c1. The Balaban J connectivity index is 2.44. The molecule has 1 heterocycles. The topological polar surface area (TPSA) is 101 Å².